The van der Waals surface area contributed by atoms with Crippen LogP contribution in [0.5, 0.6) is 0 Å². The molecular weight excluding hydrogens is 458 g/mol. The zero-order chi connectivity index (χ0) is 24.9. The van der Waals surface area contributed by atoms with Crippen molar-refractivity contribution in [2.45, 2.75) is 37.9 Å². The lowest BCUT2D eigenvalue weighted by molar-refractivity contribution is -0.129. The van der Waals surface area contributed by atoms with Gasteiger partial charge in [-0.05, 0) is 44.2 Å². The van der Waals surface area contributed by atoms with Crippen LogP contribution in [0.1, 0.15) is 18.9 Å². The largest absolute Gasteiger partial charge is 0.343 e. The molecular formula is C23H29N5O5S. The molecule has 2 heterocycles. The molecule has 3 rings (SSSR count). The number of nitrogens with one attached hydrogen (secondary N) is 3. The third-order valence-electron chi connectivity index (χ3n) is 5.62. The number of pyridine rings is 1. The number of carbonyl (C=O) groups is 3. The maximum atomic E-state index is 13.7. The van der Waals surface area contributed by atoms with Crippen molar-refractivity contribution in [3.8, 4) is 0 Å². The first-order valence-electron chi connectivity index (χ1n) is 10.9. The molecule has 0 spiro atoms. The molecule has 2 aromatic rings. The molecule has 11 heteroatoms. The molecule has 0 fully saturated rings. The van der Waals surface area contributed by atoms with E-state index in [-0.39, 0.29) is 18.6 Å². The highest BCUT2D eigenvalue weighted by atomic mass is 32.2. The van der Waals surface area contributed by atoms with Crippen LogP contribution in [0.4, 0.5) is 11.5 Å². The number of aromatic nitrogens is 1. The molecule has 1 aliphatic rings. The van der Waals surface area contributed by atoms with Crippen molar-refractivity contribution in [1.29, 1.82) is 0 Å². The molecule has 0 radical (unpaired) electrons. The summed E-state index contributed by atoms with van der Waals surface area (Å²) in [4.78, 5) is 45.0. The minimum absolute atomic E-state index is 0.133. The molecule has 1 aromatic carbocycles. The molecule has 3 amide bonds. The van der Waals surface area contributed by atoms with E-state index < -0.39 is 45.7 Å². The summed E-state index contributed by atoms with van der Waals surface area (Å²) in [7, 11) is -1.80. The van der Waals surface area contributed by atoms with Crippen molar-refractivity contribution in [2.24, 2.45) is 0 Å². The van der Waals surface area contributed by atoms with E-state index in [1.807, 2.05) is 6.07 Å². The highest BCUT2D eigenvalue weighted by Gasteiger charge is 2.42. The van der Waals surface area contributed by atoms with Crippen LogP contribution in [-0.2, 0) is 30.6 Å². The summed E-state index contributed by atoms with van der Waals surface area (Å²) >= 11 is 0. The van der Waals surface area contributed by atoms with Gasteiger partial charge in [-0.15, -0.1) is 0 Å². The fourth-order valence-corrected chi connectivity index (χ4v) is 4.32. The van der Waals surface area contributed by atoms with Crippen LogP contribution in [0, 0.1) is 0 Å². The number of benzene rings is 1. The van der Waals surface area contributed by atoms with Crippen molar-refractivity contribution in [2.75, 3.05) is 29.3 Å². The number of para-hydroxylation sites is 1. The number of nitrogens with zero attached hydrogens (tertiary/aromatic N) is 2. The highest BCUT2D eigenvalue weighted by Crippen LogP contribution is 2.31. The van der Waals surface area contributed by atoms with E-state index in [9.17, 15) is 22.8 Å². The number of fused-ring (bicyclic) bond motifs is 1. The summed E-state index contributed by atoms with van der Waals surface area (Å²) in [5, 5.41) is 8.24. The van der Waals surface area contributed by atoms with Gasteiger partial charge in [0, 0.05) is 24.6 Å². The van der Waals surface area contributed by atoms with Crippen LogP contribution in [0.3, 0.4) is 0 Å². The lowest BCUT2D eigenvalue weighted by Crippen LogP contribution is -2.56. The molecule has 1 aliphatic heterocycles. The van der Waals surface area contributed by atoms with Gasteiger partial charge in [0.05, 0.1) is 11.8 Å². The van der Waals surface area contributed by atoms with Crippen LogP contribution >= 0.6 is 0 Å². The lowest BCUT2D eigenvalue weighted by atomic mass is 10.1. The van der Waals surface area contributed by atoms with Crippen molar-refractivity contribution in [3.05, 3.63) is 54.2 Å². The standard InChI is InChI=1S/C23H29N5O5S/c1-15(24-2)21(29)27-18(11-13-34(3,32)33)23(31)28-19(14-16-8-7-12-25-20(16)28)22(30)26-17-9-5-4-6-10-17/h4-10,12,15,18-19,24H,11,13-14H2,1-3H3,(H,26,30)(H,27,29)/t15-,18-,19+/m0/s1. The predicted octanol–water partition coefficient (Wildman–Crippen LogP) is 0.505. The number of anilines is 2. The minimum atomic E-state index is -3.40. The Labute approximate surface area is 199 Å². The van der Waals surface area contributed by atoms with E-state index in [4.69, 9.17) is 0 Å². The van der Waals surface area contributed by atoms with E-state index in [2.05, 4.69) is 20.9 Å². The minimum Gasteiger partial charge on any atom is -0.343 e. The summed E-state index contributed by atoms with van der Waals surface area (Å²) in [5.74, 6) is -1.44. The van der Waals surface area contributed by atoms with Crippen molar-refractivity contribution in [3.63, 3.8) is 0 Å². The van der Waals surface area contributed by atoms with Crippen LogP contribution in [0.15, 0.2) is 48.7 Å². The summed E-state index contributed by atoms with van der Waals surface area (Å²) in [6.45, 7) is 1.62. The number of carbonyl (C=O) groups excluding carboxylic acids is 3. The zero-order valence-electron chi connectivity index (χ0n) is 19.3. The number of likely N-dealkylation sites (N-methyl/N-ethyl adjacent to an activating group) is 1. The molecule has 34 heavy (non-hydrogen) atoms. The molecule has 0 saturated carbocycles. The Morgan fingerprint density at radius 3 is 2.50 bits per heavy atom. The van der Waals surface area contributed by atoms with Gasteiger partial charge in [0.2, 0.25) is 11.8 Å². The van der Waals surface area contributed by atoms with Gasteiger partial charge < -0.3 is 16.0 Å². The van der Waals surface area contributed by atoms with Gasteiger partial charge in [-0.2, -0.15) is 0 Å². The zero-order valence-corrected chi connectivity index (χ0v) is 20.1. The number of sulfone groups is 1. The van der Waals surface area contributed by atoms with E-state index in [1.165, 1.54) is 11.1 Å². The monoisotopic (exact) mass is 487 g/mol. The first-order chi connectivity index (χ1) is 16.1. The van der Waals surface area contributed by atoms with Gasteiger partial charge >= 0.3 is 0 Å². The summed E-state index contributed by atoms with van der Waals surface area (Å²) in [6, 6.07) is 9.69. The predicted molar refractivity (Wildman–Crippen MR) is 129 cm³/mol. The maximum Gasteiger partial charge on any atom is 0.251 e. The Bertz CT molecular complexity index is 1160. The van der Waals surface area contributed by atoms with Gasteiger partial charge in [0.15, 0.2) is 0 Å². The second-order valence-electron chi connectivity index (χ2n) is 8.26. The fourth-order valence-electron chi connectivity index (χ4n) is 3.65. The number of hydrogen-bond donors (Lipinski definition) is 3. The summed E-state index contributed by atoms with van der Waals surface area (Å²) in [5.41, 5.74) is 1.29. The molecule has 182 valence electrons. The second kappa shape index (κ2) is 10.7. The number of rotatable bonds is 9. The lowest BCUT2D eigenvalue weighted by Gasteiger charge is -2.29. The Morgan fingerprint density at radius 1 is 1.15 bits per heavy atom. The summed E-state index contributed by atoms with van der Waals surface area (Å²) in [6.07, 6.45) is 2.69. The van der Waals surface area contributed by atoms with Crippen LogP contribution in [-0.4, -0.2) is 68.3 Å². The third kappa shape index (κ3) is 6.17. The summed E-state index contributed by atoms with van der Waals surface area (Å²) < 4.78 is 23.6. The van der Waals surface area contributed by atoms with Gasteiger partial charge in [0.25, 0.3) is 5.91 Å². The van der Waals surface area contributed by atoms with E-state index >= 15 is 0 Å². The fraction of sp³-hybridized carbons (Fsp3) is 0.391. The van der Waals surface area contributed by atoms with Crippen molar-refractivity contribution >= 4 is 39.1 Å². The first-order valence-corrected chi connectivity index (χ1v) is 12.9. The molecule has 0 saturated heterocycles. The Hall–Kier alpha value is -3.31. The topological polar surface area (TPSA) is 138 Å². The number of amides is 3. The molecule has 1 aromatic heterocycles. The Balaban J connectivity index is 1.92. The van der Waals surface area contributed by atoms with Gasteiger partial charge in [-0.25, -0.2) is 13.4 Å². The quantitative estimate of drug-likeness (QED) is 0.468. The van der Waals surface area contributed by atoms with Gasteiger partial charge in [-0.1, -0.05) is 24.3 Å². The molecule has 3 N–H and O–H groups in total. The van der Waals surface area contributed by atoms with Crippen molar-refractivity contribution in [1.82, 2.24) is 15.6 Å². The maximum absolute atomic E-state index is 13.7. The second-order valence-corrected chi connectivity index (χ2v) is 10.5. The molecule has 0 unspecified atom stereocenters. The molecule has 0 aliphatic carbocycles. The van der Waals surface area contributed by atoms with E-state index in [0.29, 0.717) is 17.1 Å². The smallest absolute Gasteiger partial charge is 0.251 e. The Kier molecular flexibility index (Phi) is 8.00. The molecule has 0 bridgehead atoms. The molecule has 3 atom stereocenters. The SMILES string of the molecule is CN[C@@H](C)C(=O)N[C@@H](CCS(C)(=O)=O)C(=O)N1c2ncccc2C[C@@H]1C(=O)Nc1ccccc1. The van der Waals surface area contributed by atoms with Crippen molar-refractivity contribution < 1.29 is 22.8 Å². The third-order valence-corrected chi connectivity index (χ3v) is 6.60. The number of hydrogen-bond acceptors (Lipinski definition) is 7. The highest BCUT2D eigenvalue weighted by molar-refractivity contribution is 7.90. The van der Waals surface area contributed by atoms with Crippen LogP contribution < -0.4 is 20.9 Å². The van der Waals surface area contributed by atoms with E-state index in [1.54, 1.807) is 50.4 Å². The average molecular weight is 488 g/mol. The normalized spacial score (nSPS) is 16.9. The van der Waals surface area contributed by atoms with E-state index in [0.717, 1.165) is 6.26 Å². The van der Waals surface area contributed by atoms with Crippen LogP contribution in [0.2, 0.25) is 0 Å². The van der Waals surface area contributed by atoms with Gasteiger partial charge in [-0.3, -0.25) is 19.3 Å². The van der Waals surface area contributed by atoms with Crippen LogP contribution in [0.25, 0.3) is 0 Å². The first kappa shape index (κ1) is 25.3. The van der Waals surface area contributed by atoms with Gasteiger partial charge in [0.1, 0.15) is 27.7 Å². The molecule has 10 nitrogen and oxygen atoms in total. The average Bonchev–Trinajstić information content (AvgIpc) is 3.20. The Morgan fingerprint density at radius 2 is 1.85 bits per heavy atom.